The molecule has 4 aromatic rings. The van der Waals surface area contributed by atoms with E-state index in [1.54, 1.807) is 48.5 Å². The number of H-pyrrole nitrogens is 1. The summed E-state index contributed by atoms with van der Waals surface area (Å²) >= 11 is 12.2. The predicted octanol–water partition coefficient (Wildman–Crippen LogP) is 6.02. The van der Waals surface area contributed by atoms with Gasteiger partial charge in [-0.1, -0.05) is 23.2 Å². The number of aromatic nitrogens is 2. The lowest BCUT2D eigenvalue weighted by Gasteiger charge is -2.35. The number of aromatic amines is 1. The van der Waals surface area contributed by atoms with Gasteiger partial charge in [-0.2, -0.15) is 0 Å². The number of nitrogens with zero attached hydrogens (tertiary/aromatic N) is 2. The third kappa shape index (κ3) is 3.76. The van der Waals surface area contributed by atoms with Crippen molar-refractivity contribution in [1.82, 2.24) is 14.9 Å². The molecule has 1 amide bonds. The van der Waals surface area contributed by atoms with Crippen molar-refractivity contribution in [3.05, 3.63) is 87.7 Å². The van der Waals surface area contributed by atoms with Crippen LogP contribution in [0.5, 0.6) is 11.6 Å². The SMILES string of the molecule is COc1ccc(C2c3[nH]c4ccc(Cl)cc4c3CCN2C(=O)Oc2ccc(Cl)cc2)cn1. The van der Waals surface area contributed by atoms with Crippen LogP contribution in [0.3, 0.4) is 0 Å². The molecule has 0 aliphatic carbocycles. The Morgan fingerprint density at radius 1 is 1.09 bits per heavy atom. The first-order chi connectivity index (χ1) is 15.5. The summed E-state index contributed by atoms with van der Waals surface area (Å²) in [6.45, 7) is 0.482. The van der Waals surface area contributed by atoms with Crippen molar-refractivity contribution in [3.63, 3.8) is 0 Å². The highest BCUT2D eigenvalue weighted by Crippen LogP contribution is 2.39. The van der Waals surface area contributed by atoms with Crippen LogP contribution in [-0.2, 0) is 6.42 Å². The quantitative estimate of drug-likeness (QED) is 0.399. The number of halogens is 2. The molecule has 6 nitrogen and oxygen atoms in total. The molecule has 0 saturated carbocycles. The van der Waals surface area contributed by atoms with Gasteiger partial charge >= 0.3 is 6.09 Å². The number of fused-ring (bicyclic) bond motifs is 3. The van der Waals surface area contributed by atoms with Gasteiger partial charge in [0, 0.05) is 45.5 Å². The van der Waals surface area contributed by atoms with Gasteiger partial charge in [0.05, 0.1) is 7.11 Å². The molecule has 0 spiro atoms. The van der Waals surface area contributed by atoms with E-state index in [0.717, 1.165) is 27.7 Å². The summed E-state index contributed by atoms with van der Waals surface area (Å²) in [5.41, 5.74) is 3.88. The van der Waals surface area contributed by atoms with Crippen molar-refractivity contribution in [1.29, 1.82) is 0 Å². The zero-order valence-electron chi connectivity index (χ0n) is 17.1. The van der Waals surface area contributed by atoms with Crippen molar-refractivity contribution in [3.8, 4) is 11.6 Å². The monoisotopic (exact) mass is 467 g/mol. The van der Waals surface area contributed by atoms with Crippen LogP contribution in [0.2, 0.25) is 10.0 Å². The van der Waals surface area contributed by atoms with E-state index >= 15 is 0 Å². The highest BCUT2D eigenvalue weighted by Gasteiger charge is 2.36. The summed E-state index contributed by atoms with van der Waals surface area (Å²) in [5, 5.41) is 2.31. The lowest BCUT2D eigenvalue weighted by molar-refractivity contribution is 0.135. The third-order valence-electron chi connectivity index (χ3n) is 5.63. The first-order valence-corrected chi connectivity index (χ1v) is 10.8. The fraction of sp³-hybridized carbons (Fsp3) is 0.167. The topological polar surface area (TPSA) is 67.5 Å². The average molecular weight is 468 g/mol. The van der Waals surface area contributed by atoms with Crippen LogP contribution in [0.4, 0.5) is 4.79 Å². The standard InChI is InChI=1S/C24H19Cl2N3O3/c1-31-21-9-2-14(13-27-21)23-22-18(19-12-16(26)5-8-20(19)28-22)10-11-29(23)24(30)32-17-6-3-15(25)4-7-17/h2-9,12-13,23,28H,10-11H2,1H3. The number of pyridine rings is 1. The zero-order chi connectivity index (χ0) is 22.2. The van der Waals surface area contributed by atoms with Crippen LogP contribution in [0.1, 0.15) is 22.9 Å². The van der Waals surface area contributed by atoms with Crippen LogP contribution >= 0.6 is 23.2 Å². The molecule has 0 saturated heterocycles. The number of ether oxygens (including phenoxy) is 2. The lowest BCUT2D eigenvalue weighted by Crippen LogP contribution is -2.42. The summed E-state index contributed by atoms with van der Waals surface area (Å²) < 4.78 is 10.9. The Bertz CT molecular complexity index is 1290. The van der Waals surface area contributed by atoms with E-state index in [1.165, 1.54) is 0 Å². The Morgan fingerprint density at radius 3 is 2.59 bits per heavy atom. The first-order valence-electron chi connectivity index (χ1n) is 10.1. The van der Waals surface area contributed by atoms with Gasteiger partial charge in [0.25, 0.3) is 0 Å². The van der Waals surface area contributed by atoms with Crippen molar-refractivity contribution in [2.45, 2.75) is 12.5 Å². The maximum Gasteiger partial charge on any atom is 0.416 e. The normalized spacial score (nSPS) is 15.5. The number of hydrogen-bond donors (Lipinski definition) is 1. The second-order valence-electron chi connectivity index (χ2n) is 7.51. The third-order valence-corrected chi connectivity index (χ3v) is 6.11. The van der Waals surface area contributed by atoms with E-state index in [4.69, 9.17) is 32.7 Å². The average Bonchev–Trinajstić information content (AvgIpc) is 3.18. The number of methoxy groups -OCH3 is 1. The van der Waals surface area contributed by atoms with Crippen molar-refractivity contribution < 1.29 is 14.3 Å². The molecule has 0 radical (unpaired) electrons. The second-order valence-corrected chi connectivity index (χ2v) is 8.38. The van der Waals surface area contributed by atoms with Gasteiger partial charge in [-0.25, -0.2) is 9.78 Å². The number of rotatable bonds is 3. The van der Waals surface area contributed by atoms with Crippen molar-refractivity contribution >= 4 is 40.2 Å². The number of carbonyl (C=O) groups is 1. The van der Waals surface area contributed by atoms with E-state index in [0.29, 0.717) is 34.6 Å². The maximum atomic E-state index is 13.2. The minimum atomic E-state index is -0.449. The number of hydrogen-bond acceptors (Lipinski definition) is 4. The Balaban J connectivity index is 1.57. The molecule has 162 valence electrons. The summed E-state index contributed by atoms with van der Waals surface area (Å²) in [4.78, 5) is 22.8. The van der Waals surface area contributed by atoms with Gasteiger partial charge in [0.2, 0.25) is 5.88 Å². The molecule has 3 heterocycles. The molecule has 0 bridgehead atoms. The Labute approximate surface area is 194 Å². The molecule has 8 heteroatoms. The minimum absolute atomic E-state index is 0.400. The molecule has 5 rings (SSSR count). The van der Waals surface area contributed by atoms with Crippen LogP contribution < -0.4 is 9.47 Å². The summed E-state index contributed by atoms with van der Waals surface area (Å²) in [6.07, 6.45) is 1.95. The van der Waals surface area contributed by atoms with E-state index in [9.17, 15) is 4.79 Å². The maximum absolute atomic E-state index is 13.2. The lowest BCUT2D eigenvalue weighted by atomic mass is 9.93. The summed E-state index contributed by atoms with van der Waals surface area (Å²) in [5.74, 6) is 0.934. The zero-order valence-corrected chi connectivity index (χ0v) is 18.7. The van der Waals surface area contributed by atoms with Crippen molar-refractivity contribution in [2.24, 2.45) is 0 Å². The molecule has 32 heavy (non-hydrogen) atoms. The van der Waals surface area contributed by atoms with Gasteiger partial charge < -0.3 is 14.5 Å². The highest BCUT2D eigenvalue weighted by molar-refractivity contribution is 6.31. The molecule has 1 aliphatic rings. The fourth-order valence-corrected chi connectivity index (χ4v) is 4.44. The molecule has 1 unspecified atom stereocenters. The van der Waals surface area contributed by atoms with Gasteiger partial charge in [-0.3, -0.25) is 4.90 Å². The number of nitrogens with one attached hydrogen (secondary N) is 1. The number of benzene rings is 2. The number of carbonyl (C=O) groups excluding carboxylic acids is 1. The van der Waals surface area contributed by atoms with E-state index in [-0.39, 0.29) is 0 Å². The van der Waals surface area contributed by atoms with Crippen LogP contribution in [0.25, 0.3) is 10.9 Å². The highest BCUT2D eigenvalue weighted by atomic mass is 35.5. The second kappa shape index (κ2) is 8.37. The fourth-order valence-electron chi connectivity index (χ4n) is 4.14. The van der Waals surface area contributed by atoms with Crippen LogP contribution in [0.15, 0.2) is 60.8 Å². The van der Waals surface area contributed by atoms with Gasteiger partial charge in [0.1, 0.15) is 11.8 Å². The number of amides is 1. The van der Waals surface area contributed by atoms with E-state index in [1.807, 2.05) is 24.3 Å². The molecule has 2 aromatic heterocycles. The molecular weight excluding hydrogens is 449 g/mol. The van der Waals surface area contributed by atoms with Crippen LogP contribution in [0, 0.1) is 0 Å². The summed E-state index contributed by atoms with van der Waals surface area (Å²) in [6, 6.07) is 15.8. The molecule has 0 fully saturated rings. The largest absolute Gasteiger partial charge is 0.481 e. The molecule has 2 aromatic carbocycles. The Morgan fingerprint density at radius 2 is 1.88 bits per heavy atom. The molecule has 1 aliphatic heterocycles. The van der Waals surface area contributed by atoms with E-state index < -0.39 is 12.1 Å². The van der Waals surface area contributed by atoms with Gasteiger partial charge in [0.15, 0.2) is 0 Å². The Hall–Kier alpha value is -3.22. The minimum Gasteiger partial charge on any atom is -0.481 e. The predicted molar refractivity (Wildman–Crippen MR) is 124 cm³/mol. The summed E-state index contributed by atoms with van der Waals surface area (Å²) in [7, 11) is 1.57. The Kier molecular flexibility index (Phi) is 5.41. The van der Waals surface area contributed by atoms with Crippen LogP contribution in [-0.4, -0.2) is 34.6 Å². The van der Waals surface area contributed by atoms with Crippen molar-refractivity contribution in [2.75, 3.05) is 13.7 Å². The first kappa shape index (κ1) is 20.7. The molecular formula is C24H19Cl2N3O3. The smallest absolute Gasteiger partial charge is 0.416 e. The van der Waals surface area contributed by atoms with E-state index in [2.05, 4.69) is 9.97 Å². The van der Waals surface area contributed by atoms with Gasteiger partial charge in [-0.05, 0) is 66.1 Å². The van der Waals surface area contributed by atoms with Gasteiger partial charge in [-0.15, -0.1) is 0 Å². The molecule has 1 N–H and O–H groups in total. The molecule has 1 atom stereocenters.